The van der Waals surface area contributed by atoms with Crippen LogP contribution in [0, 0.1) is 12.7 Å². The number of aryl methyl sites for hydroxylation is 1. The number of morpholine rings is 1. The zero-order valence-corrected chi connectivity index (χ0v) is 11.7. The van der Waals surface area contributed by atoms with Crippen LogP contribution in [-0.4, -0.2) is 29.7 Å². The van der Waals surface area contributed by atoms with Crippen molar-refractivity contribution in [2.24, 2.45) is 0 Å². The topological polar surface area (TPSA) is 58.2 Å². The maximum absolute atomic E-state index is 13.0. The van der Waals surface area contributed by atoms with E-state index in [0.717, 1.165) is 12.2 Å². The minimum atomic E-state index is -0.259. The van der Waals surface area contributed by atoms with Crippen LogP contribution < -0.4 is 10.5 Å². The first-order valence-electron chi connectivity index (χ1n) is 6.82. The highest BCUT2D eigenvalue weighted by Gasteiger charge is 2.23. The van der Waals surface area contributed by atoms with E-state index in [-0.39, 0.29) is 17.5 Å². The highest BCUT2D eigenvalue weighted by atomic mass is 19.1. The summed E-state index contributed by atoms with van der Waals surface area (Å²) in [7, 11) is 0. The van der Waals surface area contributed by atoms with Gasteiger partial charge in [-0.15, -0.1) is 0 Å². The van der Waals surface area contributed by atoms with Crippen molar-refractivity contribution in [3.05, 3.63) is 58.0 Å². The number of nitrogens with zero attached hydrogens (tertiary/aromatic N) is 2. The summed E-state index contributed by atoms with van der Waals surface area (Å²) in [5.41, 5.74) is 1.38. The molecule has 0 unspecified atom stereocenters. The van der Waals surface area contributed by atoms with E-state index in [9.17, 15) is 9.18 Å². The lowest BCUT2D eigenvalue weighted by molar-refractivity contribution is 0.0367. The molecule has 0 amide bonds. The molecule has 2 aromatic rings. The molecule has 1 aromatic carbocycles. The third-order valence-electron chi connectivity index (χ3n) is 3.47. The molecule has 110 valence electrons. The van der Waals surface area contributed by atoms with Gasteiger partial charge in [0, 0.05) is 24.8 Å². The van der Waals surface area contributed by atoms with Gasteiger partial charge in [0.25, 0.3) is 5.56 Å². The Morgan fingerprint density at radius 2 is 2.14 bits per heavy atom. The van der Waals surface area contributed by atoms with Crippen molar-refractivity contribution in [1.29, 1.82) is 0 Å². The molecule has 0 saturated carbocycles. The van der Waals surface area contributed by atoms with Crippen molar-refractivity contribution in [2.45, 2.75) is 13.0 Å². The molecule has 1 aliphatic heterocycles. The second kappa shape index (κ2) is 5.65. The summed E-state index contributed by atoms with van der Waals surface area (Å²) >= 11 is 0. The third kappa shape index (κ3) is 3.11. The van der Waals surface area contributed by atoms with Gasteiger partial charge in [-0.3, -0.25) is 4.79 Å². The summed E-state index contributed by atoms with van der Waals surface area (Å²) in [6.45, 7) is 3.59. The van der Waals surface area contributed by atoms with Crippen molar-refractivity contribution in [3.63, 3.8) is 0 Å². The number of benzene rings is 1. The van der Waals surface area contributed by atoms with E-state index in [1.807, 2.05) is 0 Å². The molecule has 1 N–H and O–H groups in total. The zero-order chi connectivity index (χ0) is 14.8. The van der Waals surface area contributed by atoms with Crippen LogP contribution in [-0.2, 0) is 4.74 Å². The molecular formula is C15H16FN3O2. The minimum Gasteiger partial charge on any atom is -0.368 e. The predicted octanol–water partition coefficient (Wildman–Crippen LogP) is 1.80. The van der Waals surface area contributed by atoms with Crippen LogP contribution >= 0.6 is 0 Å². The minimum absolute atomic E-state index is 0.181. The lowest BCUT2D eigenvalue weighted by Gasteiger charge is -2.34. The highest BCUT2D eigenvalue weighted by molar-refractivity contribution is 5.47. The Morgan fingerprint density at radius 1 is 1.38 bits per heavy atom. The van der Waals surface area contributed by atoms with E-state index in [1.165, 1.54) is 18.2 Å². The fourth-order valence-electron chi connectivity index (χ4n) is 2.48. The number of aromatic amines is 1. The van der Waals surface area contributed by atoms with E-state index in [2.05, 4.69) is 14.9 Å². The van der Waals surface area contributed by atoms with E-state index in [1.54, 1.807) is 19.1 Å². The Kier molecular flexibility index (Phi) is 3.70. The summed E-state index contributed by atoms with van der Waals surface area (Å²) in [6.07, 6.45) is -0.259. The number of H-pyrrole nitrogens is 1. The SMILES string of the molecule is Cc1nc([C@H]2CN(c3ccc(F)cc3)CCO2)cc(=O)[nH]1. The third-order valence-corrected chi connectivity index (χ3v) is 3.47. The van der Waals surface area contributed by atoms with Crippen molar-refractivity contribution in [2.75, 3.05) is 24.6 Å². The first kappa shape index (κ1) is 13.8. The van der Waals surface area contributed by atoms with Crippen LogP contribution in [0.25, 0.3) is 0 Å². The van der Waals surface area contributed by atoms with Crippen molar-refractivity contribution in [1.82, 2.24) is 9.97 Å². The summed E-state index contributed by atoms with van der Waals surface area (Å²) in [6, 6.07) is 7.83. The Labute approximate surface area is 121 Å². The van der Waals surface area contributed by atoms with Gasteiger partial charge in [-0.05, 0) is 31.2 Å². The average molecular weight is 289 g/mol. The van der Waals surface area contributed by atoms with Gasteiger partial charge < -0.3 is 14.6 Å². The van der Waals surface area contributed by atoms with Gasteiger partial charge in [0.2, 0.25) is 0 Å². The predicted molar refractivity (Wildman–Crippen MR) is 76.9 cm³/mol. The molecule has 21 heavy (non-hydrogen) atoms. The van der Waals surface area contributed by atoms with Gasteiger partial charge in [-0.2, -0.15) is 0 Å². The van der Waals surface area contributed by atoms with Crippen molar-refractivity contribution in [3.8, 4) is 0 Å². The second-order valence-corrected chi connectivity index (χ2v) is 5.04. The molecule has 1 fully saturated rings. The highest BCUT2D eigenvalue weighted by Crippen LogP contribution is 2.24. The lowest BCUT2D eigenvalue weighted by atomic mass is 10.1. The normalized spacial score (nSPS) is 18.8. The maximum Gasteiger partial charge on any atom is 0.251 e. The number of ether oxygens (including phenoxy) is 1. The molecule has 1 aromatic heterocycles. The molecular weight excluding hydrogens is 273 g/mol. The quantitative estimate of drug-likeness (QED) is 0.916. The summed E-state index contributed by atoms with van der Waals surface area (Å²) in [5.74, 6) is 0.315. The van der Waals surface area contributed by atoms with E-state index < -0.39 is 0 Å². The Bertz CT molecular complexity index is 684. The van der Waals surface area contributed by atoms with E-state index in [0.29, 0.717) is 24.7 Å². The second-order valence-electron chi connectivity index (χ2n) is 5.04. The van der Waals surface area contributed by atoms with Crippen molar-refractivity contribution >= 4 is 5.69 Å². The monoisotopic (exact) mass is 289 g/mol. The van der Waals surface area contributed by atoms with Gasteiger partial charge >= 0.3 is 0 Å². The van der Waals surface area contributed by atoms with Crippen LogP contribution in [0.2, 0.25) is 0 Å². The number of anilines is 1. The van der Waals surface area contributed by atoms with Gasteiger partial charge in [-0.1, -0.05) is 0 Å². The van der Waals surface area contributed by atoms with E-state index >= 15 is 0 Å². The van der Waals surface area contributed by atoms with Crippen LogP contribution in [0.5, 0.6) is 0 Å². The molecule has 0 spiro atoms. The fourth-order valence-corrected chi connectivity index (χ4v) is 2.48. The zero-order valence-electron chi connectivity index (χ0n) is 11.7. The Balaban J connectivity index is 1.82. The summed E-state index contributed by atoms with van der Waals surface area (Å²) in [5, 5.41) is 0. The molecule has 1 atom stereocenters. The molecule has 0 bridgehead atoms. The molecule has 5 nitrogen and oxygen atoms in total. The van der Waals surface area contributed by atoms with Crippen LogP contribution in [0.3, 0.4) is 0 Å². The van der Waals surface area contributed by atoms with Crippen LogP contribution in [0.4, 0.5) is 10.1 Å². The van der Waals surface area contributed by atoms with Gasteiger partial charge in [0.15, 0.2) is 0 Å². The number of hydrogen-bond donors (Lipinski definition) is 1. The van der Waals surface area contributed by atoms with Gasteiger partial charge in [0.1, 0.15) is 17.7 Å². The first-order valence-corrected chi connectivity index (χ1v) is 6.82. The molecule has 1 saturated heterocycles. The fraction of sp³-hybridized carbons (Fsp3) is 0.333. The number of rotatable bonds is 2. The van der Waals surface area contributed by atoms with Gasteiger partial charge in [-0.25, -0.2) is 9.37 Å². The molecule has 6 heteroatoms. The average Bonchev–Trinajstić information content (AvgIpc) is 2.47. The van der Waals surface area contributed by atoms with Crippen LogP contribution in [0.15, 0.2) is 35.1 Å². The van der Waals surface area contributed by atoms with Crippen LogP contribution in [0.1, 0.15) is 17.6 Å². The Hall–Kier alpha value is -2.21. The molecule has 0 aliphatic carbocycles. The summed E-state index contributed by atoms with van der Waals surface area (Å²) < 4.78 is 18.7. The summed E-state index contributed by atoms with van der Waals surface area (Å²) in [4.78, 5) is 20.6. The largest absolute Gasteiger partial charge is 0.368 e. The molecule has 0 radical (unpaired) electrons. The Morgan fingerprint density at radius 3 is 2.86 bits per heavy atom. The number of halogens is 1. The van der Waals surface area contributed by atoms with E-state index in [4.69, 9.17) is 4.74 Å². The molecule has 1 aliphatic rings. The number of hydrogen-bond acceptors (Lipinski definition) is 4. The number of aromatic nitrogens is 2. The molecule has 3 rings (SSSR count). The number of nitrogens with one attached hydrogen (secondary N) is 1. The smallest absolute Gasteiger partial charge is 0.251 e. The van der Waals surface area contributed by atoms with Crippen molar-refractivity contribution < 1.29 is 9.13 Å². The standard InChI is InChI=1S/C15H16FN3O2/c1-10-17-13(8-15(20)18-10)14-9-19(6-7-21-14)12-4-2-11(16)3-5-12/h2-5,8,14H,6-7,9H2,1H3,(H,17,18,20)/t14-/m1/s1. The first-order chi connectivity index (χ1) is 10.1. The maximum atomic E-state index is 13.0. The lowest BCUT2D eigenvalue weighted by Crippen LogP contribution is -2.39. The van der Waals surface area contributed by atoms with Gasteiger partial charge in [0.05, 0.1) is 12.3 Å². The molecule has 2 heterocycles.